The summed E-state index contributed by atoms with van der Waals surface area (Å²) in [5.41, 5.74) is 0. The van der Waals surface area contributed by atoms with Crippen LogP contribution in [0, 0.1) is 0 Å². The zero-order valence-electron chi connectivity index (χ0n) is 16.8. The van der Waals surface area contributed by atoms with Crippen LogP contribution in [-0.2, 0) is 14.8 Å². The molecule has 162 valence electrons. The highest BCUT2D eigenvalue weighted by molar-refractivity contribution is 7.89. The molecule has 0 spiro atoms. The summed E-state index contributed by atoms with van der Waals surface area (Å²) < 4.78 is 27.4. The van der Waals surface area contributed by atoms with Gasteiger partial charge in [-0.25, -0.2) is 8.42 Å². The molecule has 1 saturated heterocycles. The predicted octanol–water partition coefficient (Wildman–Crippen LogP) is 3.48. The Labute approximate surface area is 183 Å². The molecule has 2 aliphatic rings. The Kier molecular flexibility index (Phi) is 7.84. The van der Waals surface area contributed by atoms with Crippen molar-refractivity contribution in [1.29, 1.82) is 0 Å². The van der Waals surface area contributed by atoms with Crippen molar-refractivity contribution in [1.82, 2.24) is 14.1 Å². The Morgan fingerprint density at radius 1 is 1.07 bits per heavy atom. The average Bonchev–Trinajstić information content (AvgIpc) is 2.69. The maximum atomic E-state index is 13.0. The van der Waals surface area contributed by atoms with Crippen LogP contribution in [0.15, 0.2) is 23.1 Å². The molecule has 0 unspecified atom stereocenters. The van der Waals surface area contributed by atoms with E-state index >= 15 is 0 Å². The highest BCUT2D eigenvalue weighted by Gasteiger charge is 2.33. The monoisotopic (exact) mass is 461 g/mol. The second kappa shape index (κ2) is 9.96. The number of hydrogen-bond acceptors (Lipinski definition) is 4. The molecule has 0 N–H and O–H groups in total. The lowest BCUT2D eigenvalue weighted by molar-refractivity contribution is -0.135. The number of likely N-dealkylation sites (N-methyl/N-ethyl adjacent to an activating group) is 1. The van der Waals surface area contributed by atoms with Crippen LogP contribution in [0.5, 0.6) is 0 Å². The Morgan fingerprint density at radius 2 is 1.66 bits per heavy atom. The summed E-state index contributed by atoms with van der Waals surface area (Å²) in [4.78, 5) is 16.9. The third-order valence-electron chi connectivity index (χ3n) is 5.88. The first-order valence-electron chi connectivity index (χ1n) is 10.3. The lowest BCUT2D eigenvalue weighted by Gasteiger charge is -2.37. The van der Waals surface area contributed by atoms with Crippen LogP contribution in [0.3, 0.4) is 0 Å². The summed E-state index contributed by atoms with van der Waals surface area (Å²) in [5, 5.41) is 0.252. The lowest BCUT2D eigenvalue weighted by atomic mass is 9.94. The van der Waals surface area contributed by atoms with Gasteiger partial charge in [-0.15, -0.1) is 0 Å². The van der Waals surface area contributed by atoms with Crippen molar-refractivity contribution >= 4 is 39.1 Å². The van der Waals surface area contributed by atoms with E-state index < -0.39 is 10.0 Å². The number of rotatable bonds is 6. The lowest BCUT2D eigenvalue weighted by Crippen LogP contribution is -2.52. The maximum Gasteiger partial charge on any atom is 0.246 e. The molecule has 9 heteroatoms. The standard InChI is InChI=1S/C20H29Cl2N3O3S/c1-2-25(16-7-4-3-5-8-16)19(26)15-23-11-13-24(14-12-23)29(27,28)20-17(21)9-6-10-18(20)22/h6,9-10,16H,2-5,7-8,11-15H2,1H3. The minimum absolute atomic E-state index is 0.0395. The first-order chi connectivity index (χ1) is 13.8. The van der Waals surface area contributed by atoms with Gasteiger partial charge in [0.15, 0.2) is 0 Å². The van der Waals surface area contributed by atoms with E-state index in [0.29, 0.717) is 38.8 Å². The van der Waals surface area contributed by atoms with Crippen molar-refractivity contribution in [2.45, 2.75) is 50.0 Å². The quantitative estimate of drug-likeness (QED) is 0.650. The molecule has 29 heavy (non-hydrogen) atoms. The molecule has 1 aromatic carbocycles. The molecular weight excluding hydrogens is 433 g/mol. The summed E-state index contributed by atoms with van der Waals surface area (Å²) >= 11 is 12.2. The summed E-state index contributed by atoms with van der Waals surface area (Å²) in [7, 11) is -3.77. The Hall–Kier alpha value is -0.860. The van der Waals surface area contributed by atoms with E-state index in [1.165, 1.54) is 35.7 Å². The van der Waals surface area contributed by atoms with Crippen LogP contribution < -0.4 is 0 Å². The number of hydrogen-bond donors (Lipinski definition) is 0. The molecule has 3 rings (SSSR count). The van der Waals surface area contributed by atoms with E-state index in [-0.39, 0.29) is 20.8 Å². The van der Waals surface area contributed by atoms with Crippen LogP contribution >= 0.6 is 23.2 Å². The fourth-order valence-electron chi connectivity index (χ4n) is 4.30. The Bertz CT molecular complexity index is 800. The van der Waals surface area contributed by atoms with Crippen LogP contribution in [0.2, 0.25) is 10.0 Å². The molecule has 2 fully saturated rings. The summed E-state index contributed by atoms with van der Waals surface area (Å²) in [6, 6.07) is 5.03. The Balaban J connectivity index is 1.59. The van der Waals surface area contributed by atoms with Gasteiger partial charge in [0.25, 0.3) is 0 Å². The number of amides is 1. The largest absolute Gasteiger partial charge is 0.339 e. The minimum Gasteiger partial charge on any atom is -0.339 e. The highest BCUT2D eigenvalue weighted by Crippen LogP contribution is 2.32. The molecule has 1 saturated carbocycles. The molecule has 6 nitrogen and oxygen atoms in total. The van der Waals surface area contributed by atoms with Crippen LogP contribution in [0.4, 0.5) is 0 Å². The molecule has 1 aliphatic carbocycles. The first kappa shape index (κ1) is 22.8. The van der Waals surface area contributed by atoms with E-state index in [4.69, 9.17) is 23.2 Å². The molecule has 1 aliphatic heterocycles. The summed E-state index contributed by atoms with van der Waals surface area (Å²) in [6.07, 6.45) is 5.81. The first-order valence-corrected chi connectivity index (χ1v) is 12.5. The topological polar surface area (TPSA) is 60.9 Å². The van der Waals surface area contributed by atoms with Crippen molar-refractivity contribution < 1.29 is 13.2 Å². The van der Waals surface area contributed by atoms with Gasteiger partial charge < -0.3 is 4.90 Å². The van der Waals surface area contributed by atoms with Gasteiger partial charge in [-0.1, -0.05) is 48.5 Å². The highest BCUT2D eigenvalue weighted by atomic mass is 35.5. The fraction of sp³-hybridized carbons (Fsp3) is 0.650. The van der Waals surface area contributed by atoms with Crippen LogP contribution in [-0.4, -0.2) is 73.7 Å². The molecular formula is C20H29Cl2N3O3S. The second-order valence-corrected chi connectivity index (χ2v) is 10.4. The normalized spacial score (nSPS) is 20.0. The summed E-state index contributed by atoms with van der Waals surface area (Å²) in [5.74, 6) is 0.143. The number of nitrogens with zero attached hydrogens (tertiary/aromatic N) is 3. The van der Waals surface area contributed by atoms with E-state index in [1.807, 2.05) is 16.7 Å². The van der Waals surface area contributed by atoms with E-state index in [1.54, 1.807) is 6.07 Å². The number of halogens is 2. The van der Waals surface area contributed by atoms with E-state index in [0.717, 1.165) is 19.4 Å². The molecule has 0 bridgehead atoms. The van der Waals surface area contributed by atoms with Gasteiger partial charge in [-0.05, 0) is 31.9 Å². The van der Waals surface area contributed by atoms with Crippen LogP contribution in [0.25, 0.3) is 0 Å². The van der Waals surface area contributed by atoms with Crippen molar-refractivity contribution in [3.8, 4) is 0 Å². The number of sulfonamides is 1. The predicted molar refractivity (Wildman–Crippen MR) is 116 cm³/mol. The zero-order valence-corrected chi connectivity index (χ0v) is 19.1. The second-order valence-electron chi connectivity index (χ2n) is 7.70. The minimum atomic E-state index is -3.77. The van der Waals surface area contributed by atoms with Crippen molar-refractivity contribution in [2.24, 2.45) is 0 Å². The fourth-order valence-corrected chi connectivity index (χ4v) is 6.81. The third-order valence-corrected chi connectivity index (χ3v) is 8.74. The molecule has 1 aromatic rings. The van der Waals surface area contributed by atoms with Gasteiger partial charge in [0.05, 0.1) is 16.6 Å². The van der Waals surface area contributed by atoms with Gasteiger partial charge in [0, 0.05) is 38.8 Å². The third kappa shape index (κ3) is 5.25. The van der Waals surface area contributed by atoms with Crippen molar-refractivity contribution in [2.75, 3.05) is 39.3 Å². The number of benzene rings is 1. The smallest absolute Gasteiger partial charge is 0.246 e. The van der Waals surface area contributed by atoms with Gasteiger partial charge in [0.1, 0.15) is 4.90 Å². The van der Waals surface area contributed by atoms with Gasteiger partial charge in [-0.2, -0.15) is 4.31 Å². The van der Waals surface area contributed by atoms with E-state index in [9.17, 15) is 13.2 Å². The van der Waals surface area contributed by atoms with Gasteiger partial charge in [0.2, 0.25) is 15.9 Å². The molecule has 0 atom stereocenters. The summed E-state index contributed by atoms with van der Waals surface area (Å²) in [6.45, 7) is 4.74. The van der Waals surface area contributed by atoms with E-state index in [2.05, 4.69) is 0 Å². The maximum absolute atomic E-state index is 13.0. The number of piperazine rings is 1. The van der Waals surface area contributed by atoms with Crippen molar-refractivity contribution in [3.63, 3.8) is 0 Å². The van der Waals surface area contributed by atoms with Crippen LogP contribution in [0.1, 0.15) is 39.0 Å². The molecule has 0 radical (unpaired) electrons. The number of carbonyl (C=O) groups is 1. The zero-order chi connectivity index (χ0) is 21.0. The average molecular weight is 462 g/mol. The SMILES string of the molecule is CCN(C(=O)CN1CCN(S(=O)(=O)c2c(Cl)cccc2Cl)CC1)C1CCCCC1. The molecule has 0 aromatic heterocycles. The Morgan fingerprint density at radius 3 is 2.21 bits per heavy atom. The number of carbonyl (C=O) groups excluding carboxylic acids is 1. The van der Waals surface area contributed by atoms with Crippen molar-refractivity contribution in [3.05, 3.63) is 28.2 Å². The molecule has 1 amide bonds. The van der Waals surface area contributed by atoms with Gasteiger partial charge in [-0.3, -0.25) is 9.69 Å². The van der Waals surface area contributed by atoms with Gasteiger partial charge >= 0.3 is 0 Å². The molecule has 1 heterocycles.